The Morgan fingerprint density at radius 3 is 2.36 bits per heavy atom. The Morgan fingerprint density at radius 1 is 1.36 bits per heavy atom. The minimum Gasteiger partial charge on any atom is -1.00 e. The van der Waals surface area contributed by atoms with Crippen LogP contribution in [0.15, 0.2) is 24.3 Å². The number of hydrogen-bond donors (Lipinski definition) is 0. The monoisotopic (exact) mass is 226 g/mol. The molecule has 0 N–H and O–H groups in total. The van der Waals surface area contributed by atoms with Crippen LogP contribution in [-0.2, 0) is 6.42 Å². The second kappa shape index (κ2) is 7.07. The second-order valence-electron chi connectivity index (χ2n) is 1.88. The maximum absolute atomic E-state index is 12.3. The fourth-order valence-corrected chi connectivity index (χ4v) is 0.692. The predicted octanol–water partition coefficient (Wildman–Crippen LogP) is -1.17. The molecule has 1 aromatic rings. The third kappa shape index (κ3) is 4.77. The molecule has 0 aromatic heterocycles. The molecule has 0 atom stereocenters. The molecule has 3 heteroatoms. The van der Waals surface area contributed by atoms with Crippen LogP contribution < -0.4 is 17.0 Å². The molecular weight excluding hydrogens is 219 g/mol. The van der Waals surface area contributed by atoms with Crippen molar-refractivity contribution in [1.82, 2.24) is 0 Å². The van der Waals surface area contributed by atoms with Crippen molar-refractivity contribution in [3.8, 4) is 0 Å². The molecule has 1 aromatic carbocycles. The first-order chi connectivity index (χ1) is 4.33. The van der Waals surface area contributed by atoms with Crippen LogP contribution in [0.5, 0.6) is 0 Å². The zero-order valence-electron chi connectivity index (χ0n) is 6.19. The summed E-state index contributed by atoms with van der Waals surface area (Å²) in [6.07, 6.45) is 0.651. The van der Waals surface area contributed by atoms with Gasteiger partial charge in [0.2, 0.25) is 0 Å². The summed E-state index contributed by atoms with van der Waals surface area (Å²) in [5.74, 6) is -0.184. The molecule has 0 radical (unpaired) electrons. The van der Waals surface area contributed by atoms with Gasteiger partial charge in [-0.2, -0.15) is 6.42 Å². The van der Waals surface area contributed by atoms with Gasteiger partial charge in [-0.25, -0.2) is 4.39 Å². The molecule has 0 heterocycles. The molecule has 0 aliphatic heterocycles. The van der Waals surface area contributed by atoms with Gasteiger partial charge in [0, 0.05) is 0 Å². The van der Waals surface area contributed by atoms with Crippen LogP contribution in [0, 0.1) is 12.7 Å². The van der Waals surface area contributed by atoms with Gasteiger partial charge in [0.05, 0.1) is 0 Å². The minimum absolute atomic E-state index is 0. The topological polar surface area (TPSA) is 0 Å². The van der Waals surface area contributed by atoms with Gasteiger partial charge >= 0.3 is 23.1 Å². The van der Waals surface area contributed by atoms with E-state index in [1.807, 2.05) is 6.07 Å². The molecule has 0 amide bonds. The fourth-order valence-electron chi connectivity index (χ4n) is 0.692. The third-order valence-corrected chi connectivity index (χ3v) is 1.18. The summed E-state index contributed by atoms with van der Waals surface area (Å²) in [6, 6.07) is 6.47. The van der Waals surface area contributed by atoms with Crippen molar-refractivity contribution in [2.45, 2.75) is 6.42 Å². The van der Waals surface area contributed by atoms with E-state index in [4.69, 9.17) is 0 Å². The van der Waals surface area contributed by atoms with Crippen LogP contribution in [0.25, 0.3) is 0 Å². The SMILES string of the molecule is [Br-].[CH2-]Cc1cccc(F)c1.[Mg+2]. The van der Waals surface area contributed by atoms with Gasteiger partial charge in [-0.15, -0.1) is 0 Å². The van der Waals surface area contributed by atoms with Crippen molar-refractivity contribution in [1.29, 1.82) is 0 Å². The van der Waals surface area contributed by atoms with Gasteiger partial charge in [-0.05, 0) is 12.1 Å². The van der Waals surface area contributed by atoms with Crippen molar-refractivity contribution in [3.05, 3.63) is 42.6 Å². The van der Waals surface area contributed by atoms with E-state index < -0.39 is 0 Å². The van der Waals surface area contributed by atoms with Crippen LogP contribution in [0.1, 0.15) is 5.56 Å². The van der Waals surface area contributed by atoms with E-state index in [9.17, 15) is 4.39 Å². The van der Waals surface area contributed by atoms with E-state index in [2.05, 4.69) is 6.92 Å². The van der Waals surface area contributed by atoms with E-state index in [0.717, 1.165) is 5.56 Å². The largest absolute Gasteiger partial charge is 2.00 e. The Bertz CT molecular complexity index is 203. The van der Waals surface area contributed by atoms with Crippen molar-refractivity contribution in [2.75, 3.05) is 0 Å². The molecule has 0 bridgehead atoms. The first-order valence-corrected chi connectivity index (χ1v) is 2.86. The molecule has 0 unspecified atom stereocenters. The maximum atomic E-state index is 12.3. The zero-order chi connectivity index (χ0) is 6.69. The first kappa shape index (κ1) is 14.0. The van der Waals surface area contributed by atoms with Crippen LogP contribution in [0.3, 0.4) is 0 Å². The van der Waals surface area contributed by atoms with Gasteiger partial charge in [-0.1, -0.05) is 17.7 Å². The van der Waals surface area contributed by atoms with E-state index in [0.29, 0.717) is 6.42 Å². The van der Waals surface area contributed by atoms with Crippen molar-refractivity contribution < 1.29 is 21.4 Å². The molecule has 0 fully saturated rings. The zero-order valence-corrected chi connectivity index (χ0v) is 9.19. The summed E-state index contributed by atoms with van der Waals surface area (Å²) >= 11 is 0. The van der Waals surface area contributed by atoms with Crippen LogP contribution in [-0.4, -0.2) is 23.1 Å². The average molecular weight is 227 g/mol. The molecule has 0 aliphatic rings. The summed E-state index contributed by atoms with van der Waals surface area (Å²) in [7, 11) is 0. The van der Waals surface area contributed by atoms with Gasteiger partial charge in [-0.3, -0.25) is 0 Å². The van der Waals surface area contributed by atoms with E-state index in [-0.39, 0.29) is 45.9 Å². The Morgan fingerprint density at radius 2 is 2.00 bits per heavy atom. The van der Waals surface area contributed by atoms with Crippen LogP contribution >= 0.6 is 0 Å². The summed E-state index contributed by atoms with van der Waals surface area (Å²) in [6.45, 7) is 3.63. The summed E-state index contributed by atoms with van der Waals surface area (Å²) in [5.41, 5.74) is 0.940. The first-order valence-electron chi connectivity index (χ1n) is 2.86. The van der Waals surface area contributed by atoms with Crippen LogP contribution in [0.4, 0.5) is 4.39 Å². The fraction of sp³-hybridized carbons (Fsp3) is 0.125. The molecular formula is C8H8BrFMg. The molecule has 0 aliphatic carbocycles. The molecule has 11 heavy (non-hydrogen) atoms. The van der Waals surface area contributed by atoms with Gasteiger partial charge in [0.1, 0.15) is 5.82 Å². The molecule has 56 valence electrons. The Labute approximate surface area is 93.1 Å². The van der Waals surface area contributed by atoms with Gasteiger partial charge in [0.15, 0.2) is 0 Å². The number of halogens is 2. The molecule has 0 saturated carbocycles. The molecule has 0 saturated heterocycles. The quantitative estimate of drug-likeness (QED) is 0.419. The standard InChI is InChI=1S/C8H8F.BrH.Mg/c1-2-7-4-3-5-8(9)6-7;;/h3-6H,1-2H2;1H;/q-1;;+2/p-1. The average Bonchev–Trinajstić information content (AvgIpc) is 1.88. The molecule has 0 spiro atoms. The second-order valence-corrected chi connectivity index (χ2v) is 1.88. The van der Waals surface area contributed by atoms with Crippen molar-refractivity contribution in [2.24, 2.45) is 0 Å². The molecule has 0 nitrogen and oxygen atoms in total. The number of benzene rings is 1. The number of hydrogen-bond acceptors (Lipinski definition) is 0. The van der Waals surface area contributed by atoms with E-state index in [1.54, 1.807) is 6.07 Å². The van der Waals surface area contributed by atoms with Crippen molar-refractivity contribution >= 4 is 23.1 Å². The normalized spacial score (nSPS) is 7.82. The maximum Gasteiger partial charge on any atom is 2.00 e. The predicted molar refractivity (Wildman–Crippen MR) is 41.2 cm³/mol. The Hall–Kier alpha value is 0.396. The van der Waals surface area contributed by atoms with Crippen LogP contribution in [0.2, 0.25) is 0 Å². The third-order valence-electron chi connectivity index (χ3n) is 1.18. The van der Waals surface area contributed by atoms with E-state index in [1.165, 1.54) is 12.1 Å². The summed E-state index contributed by atoms with van der Waals surface area (Å²) in [5, 5.41) is 0. The summed E-state index contributed by atoms with van der Waals surface area (Å²) < 4.78 is 12.3. The van der Waals surface area contributed by atoms with E-state index >= 15 is 0 Å². The Kier molecular flexibility index (Phi) is 8.96. The minimum atomic E-state index is -0.184. The van der Waals surface area contributed by atoms with Crippen molar-refractivity contribution in [3.63, 3.8) is 0 Å². The van der Waals surface area contributed by atoms with Gasteiger partial charge in [0.25, 0.3) is 0 Å². The van der Waals surface area contributed by atoms with Gasteiger partial charge < -0.3 is 23.9 Å². The number of rotatable bonds is 1. The smallest absolute Gasteiger partial charge is 1.00 e. The summed E-state index contributed by atoms with van der Waals surface area (Å²) in [4.78, 5) is 0. The Balaban J connectivity index is 0. The molecule has 1 rings (SSSR count).